The molecule has 0 saturated carbocycles. The van der Waals surface area contributed by atoms with Crippen LogP contribution in [0.1, 0.15) is 19.4 Å². The zero-order valence-corrected chi connectivity index (χ0v) is 12.4. The molecule has 1 heterocycles. The fourth-order valence-electron chi connectivity index (χ4n) is 2.57. The molecule has 0 amide bonds. The third-order valence-corrected chi connectivity index (χ3v) is 3.51. The van der Waals surface area contributed by atoms with Gasteiger partial charge in [-0.3, -0.25) is 5.41 Å². The number of aliphatic hydroxyl groups is 1. The minimum atomic E-state index is -0.387. The van der Waals surface area contributed by atoms with E-state index in [1.54, 1.807) is 18.2 Å². The van der Waals surface area contributed by atoms with Crippen molar-refractivity contribution in [1.29, 1.82) is 5.41 Å². The Morgan fingerprint density at radius 2 is 2.30 bits per heavy atom. The Balaban J connectivity index is 2.39. The zero-order valence-electron chi connectivity index (χ0n) is 11.7. The number of ether oxygens (including phenoxy) is 1. The van der Waals surface area contributed by atoms with Crippen LogP contribution in [0.5, 0.6) is 0 Å². The first kappa shape index (κ1) is 15.1. The number of amidine groups is 1. The predicted octanol–water partition coefficient (Wildman–Crippen LogP) is 1.60. The molecule has 0 aliphatic carbocycles. The number of benzene rings is 1. The number of hydrogen-bond acceptors (Lipinski definition) is 4. The van der Waals surface area contributed by atoms with Crippen molar-refractivity contribution in [3.8, 4) is 0 Å². The summed E-state index contributed by atoms with van der Waals surface area (Å²) >= 11 is 6.06. The number of halogens is 1. The van der Waals surface area contributed by atoms with Gasteiger partial charge in [0.2, 0.25) is 0 Å². The largest absolute Gasteiger partial charge is 0.394 e. The summed E-state index contributed by atoms with van der Waals surface area (Å²) in [5, 5.41) is 17.7. The van der Waals surface area contributed by atoms with E-state index in [9.17, 15) is 5.11 Å². The Morgan fingerprint density at radius 3 is 2.90 bits per heavy atom. The molecule has 1 aliphatic heterocycles. The van der Waals surface area contributed by atoms with Crippen LogP contribution < -0.4 is 10.6 Å². The van der Waals surface area contributed by atoms with E-state index in [0.717, 1.165) is 5.69 Å². The molecule has 110 valence electrons. The first-order valence-electron chi connectivity index (χ1n) is 6.50. The number of nitrogens with one attached hydrogen (secondary N) is 1. The molecule has 1 atom stereocenters. The van der Waals surface area contributed by atoms with Gasteiger partial charge in [0.15, 0.2) is 0 Å². The minimum absolute atomic E-state index is 0.00140. The monoisotopic (exact) mass is 297 g/mol. The van der Waals surface area contributed by atoms with E-state index in [-0.39, 0.29) is 24.1 Å². The Kier molecular flexibility index (Phi) is 4.22. The first-order valence-corrected chi connectivity index (χ1v) is 6.88. The number of anilines is 1. The third kappa shape index (κ3) is 3.23. The van der Waals surface area contributed by atoms with Crippen LogP contribution >= 0.6 is 11.6 Å². The van der Waals surface area contributed by atoms with Crippen LogP contribution in [0.4, 0.5) is 5.69 Å². The van der Waals surface area contributed by atoms with Crippen LogP contribution in [0.2, 0.25) is 5.02 Å². The van der Waals surface area contributed by atoms with Gasteiger partial charge in [-0.15, -0.1) is 0 Å². The number of morpholine rings is 1. The van der Waals surface area contributed by atoms with Gasteiger partial charge in [0, 0.05) is 29.4 Å². The highest BCUT2D eigenvalue weighted by Gasteiger charge is 2.34. The molecule has 6 heteroatoms. The van der Waals surface area contributed by atoms with E-state index in [1.165, 1.54) is 0 Å². The van der Waals surface area contributed by atoms with Gasteiger partial charge in [-0.2, -0.15) is 0 Å². The molecule has 1 unspecified atom stereocenters. The molecule has 5 nitrogen and oxygen atoms in total. The van der Waals surface area contributed by atoms with Crippen molar-refractivity contribution in [1.82, 2.24) is 0 Å². The second kappa shape index (κ2) is 5.60. The van der Waals surface area contributed by atoms with Gasteiger partial charge in [-0.25, -0.2) is 0 Å². The van der Waals surface area contributed by atoms with E-state index >= 15 is 0 Å². The summed E-state index contributed by atoms with van der Waals surface area (Å²) in [7, 11) is 0. The maximum absolute atomic E-state index is 9.38. The summed E-state index contributed by atoms with van der Waals surface area (Å²) in [5.41, 5.74) is 6.70. The van der Waals surface area contributed by atoms with Crippen molar-refractivity contribution < 1.29 is 9.84 Å². The highest BCUT2D eigenvalue weighted by atomic mass is 35.5. The molecule has 1 fully saturated rings. The van der Waals surface area contributed by atoms with Gasteiger partial charge in [0.05, 0.1) is 18.3 Å². The smallest absolute Gasteiger partial charge is 0.124 e. The molecule has 4 N–H and O–H groups in total. The summed E-state index contributed by atoms with van der Waals surface area (Å²) in [5.74, 6) is 0.00140. The Bertz CT molecular complexity index is 519. The molecule has 0 bridgehead atoms. The van der Waals surface area contributed by atoms with Crippen molar-refractivity contribution in [3.05, 3.63) is 28.8 Å². The zero-order chi connectivity index (χ0) is 14.9. The number of nitrogens with two attached hydrogens (primary N) is 1. The molecule has 0 aromatic heterocycles. The van der Waals surface area contributed by atoms with E-state index in [1.807, 2.05) is 13.8 Å². The lowest BCUT2D eigenvalue weighted by Gasteiger charge is -2.44. The van der Waals surface area contributed by atoms with Crippen LogP contribution in [0.3, 0.4) is 0 Å². The van der Waals surface area contributed by atoms with Crippen molar-refractivity contribution in [2.24, 2.45) is 5.73 Å². The van der Waals surface area contributed by atoms with Gasteiger partial charge in [0.1, 0.15) is 5.84 Å². The second-order valence-corrected chi connectivity index (χ2v) is 6.07. The SMILES string of the molecule is CC1(C)CN(c2cc(Cl)ccc2C(=N)N)CC(CO)O1. The maximum Gasteiger partial charge on any atom is 0.124 e. The van der Waals surface area contributed by atoms with Crippen molar-refractivity contribution in [2.45, 2.75) is 25.6 Å². The van der Waals surface area contributed by atoms with Gasteiger partial charge >= 0.3 is 0 Å². The summed E-state index contributed by atoms with van der Waals surface area (Å²) in [4.78, 5) is 2.06. The molecule has 1 aromatic carbocycles. The lowest BCUT2D eigenvalue weighted by atomic mass is 10.0. The predicted molar refractivity (Wildman–Crippen MR) is 80.7 cm³/mol. The summed E-state index contributed by atoms with van der Waals surface area (Å²) in [6, 6.07) is 5.27. The number of hydrogen-bond donors (Lipinski definition) is 3. The lowest BCUT2D eigenvalue weighted by Crippen LogP contribution is -2.54. The average molecular weight is 298 g/mol. The number of nitrogen functional groups attached to an aromatic ring is 1. The second-order valence-electron chi connectivity index (χ2n) is 5.64. The molecule has 1 aromatic rings. The topological polar surface area (TPSA) is 82.6 Å². The van der Waals surface area contributed by atoms with Crippen LogP contribution in [0.25, 0.3) is 0 Å². The fraction of sp³-hybridized carbons (Fsp3) is 0.500. The van der Waals surface area contributed by atoms with Crippen molar-refractivity contribution in [3.63, 3.8) is 0 Å². The van der Waals surface area contributed by atoms with Gasteiger partial charge in [-0.1, -0.05) is 11.6 Å². The molecule has 1 aliphatic rings. The lowest BCUT2D eigenvalue weighted by molar-refractivity contribution is -0.101. The summed E-state index contributed by atoms with van der Waals surface area (Å²) in [6.45, 7) is 5.08. The number of rotatable bonds is 3. The normalized spacial score (nSPS) is 21.8. The highest BCUT2D eigenvalue weighted by molar-refractivity contribution is 6.31. The average Bonchev–Trinajstić information content (AvgIpc) is 2.36. The van der Waals surface area contributed by atoms with Crippen molar-refractivity contribution in [2.75, 3.05) is 24.6 Å². The molecular formula is C14H20ClN3O2. The molecule has 0 radical (unpaired) electrons. The summed E-state index contributed by atoms with van der Waals surface area (Å²) < 4.78 is 5.80. The fourth-order valence-corrected chi connectivity index (χ4v) is 2.73. The molecule has 0 spiro atoms. The summed E-state index contributed by atoms with van der Waals surface area (Å²) in [6.07, 6.45) is -0.266. The molecule has 1 saturated heterocycles. The van der Waals surface area contributed by atoms with E-state index < -0.39 is 0 Å². The van der Waals surface area contributed by atoms with Gasteiger partial charge < -0.3 is 20.5 Å². The minimum Gasteiger partial charge on any atom is -0.394 e. The quantitative estimate of drug-likeness (QED) is 0.584. The van der Waals surface area contributed by atoms with Crippen LogP contribution in [0, 0.1) is 5.41 Å². The third-order valence-electron chi connectivity index (χ3n) is 3.28. The first-order chi connectivity index (χ1) is 9.32. The van der Waals surface area contributed by atoms with Crippen LogP contribution in [0.15, 0.2) is 18.2 Å². The number of nitrogens with zero attached hydrogens (tertiary/aromatic N) is 1. The van der Waals surface area contributed by atoms with Gasteiger partial charge in [-0.05, 0) is 32.0 Å². The van der Waals surface area contributed by atoms with Crippen LogP contribution in [-0.4, -0.2) is 42.3 Å². The molecular weight excluding hydrogens is 278 g/mol. The standard InChI is InChI=1S/C14H20ClN3O2/c1-14(2)8-18(6-10(7-19)20-14)12-5-9(15)3-4-11(12)13(16)17/h3-5,10,19H,6-8H2,1-2H3,(H3,16,17). The molecule has 2 rings (SSSR count). The van der Waals surface area contributed by atoms with E-state index in [4.69, 9.17) is 27.5 Å². The Hall–Kier alpha value is -1.30. The van der Waals surface area contributed by atoms with Crippen LogP contribution in [-0.2, 0) is 4.74 Å². The Morgan fingerprint density at radius 1 is 1.60 bits per heavy atom. The van der Waals surface area contributed by atoms with Gasteiger partial charge in [0.25, 0.3) is 0 Å². The maximum atomic E-state index is 9.38. The molecule has 20 heavy (non-hydrogen) atoms. The van der Waals surface area contributed by atoms with E-state index in [0.29, 0.717) is 23.7 Å². The number of aliphatic hydroxyl groups excluding tert-OH is 1. The highest BCUT2D eigenvalue weighted by Crippen LogP contribution is 2.30. The van der Waals surface area contributed by atoms with Crippen molar-refractivity contribution >= 4 is 23.1 Å². The van der Waals surface area contributed by atoms with E-state index in [2.05, 4.69) is 4.90 Å². The Labute approximate surface area is 123 Å².